The van der Waals surface area contributed by atoms with Crippen LogP contribution in [0.15, 0.2) is 11.3 Å². The average molecular weight is 294 g/mol. The summed E-state index contributed by atoms with van der Waals surface area (Å²) in [4.78, 5) is 11.0. The van der Waals surface area contributed by atoms with Crippen molar-refractivity contribution in [2.45, 2.75) is 37.9 Å². The van der Waals surface area contributed by atoms with Crippen LogP contribution in [0.2, 0.25) is 0 Å². The molecule has 1 aromatic heterocycles. The number of nitrogens with zero attached hydrogens (tertiary/aromatic N) is 4. The van der Waals surface area contributed by atoms with Gasteiger partial charge in [-0.1, -0.05) is 6.42 Å². The zero-order chi connectivity index (χ0) is 13.9. The Morgan fingerprint density at radius 1 is 1.30 bits per heavy atom. The molecule has 4 unspecified atom stereocenters. The van der Waals surface area contributed by atoms with Crippen molar-refractivity contribution in [1.29, 1.82) is 0 Å². The molecule has 5 nitrogen and oxygen atoms in total. The van der Waals surface area contributed by atoms with Crippen LogP contribution < -0.4 is 10.2 Å². The molecular weight excluding hydrogens is 274 g/mol. The molecule has 2 bridgehead atoms. The van der Waals surface area contributed by atoms with E-state index < -0.39 is 0 Å². The standard InChI is InChI=1S/C14H20ClN5/c1-19-7-16-11-12(18-14(15)20(2)13(11)19)17-10-6-8-3-4-9(10)5-8/h7-10,12,17H,3-6H2,1-2H3. The molecule has 2 fully saturated rings. The number of hydrogen-bond donors (Lipinski definition) is 1. The number of aliphatic imine (C=N–C) groups is 1. The van der Waals surface area contributed by atoms with Crippen LogP contribution in [0.5, 0.6) is 0 Å². The molecule has 3 aliphatic rings. The zero-order valence-electron chi connectivity index (χ0n) is 11.9. The van der Waals surface area contributed by atoms with Gasteiger partial charge in [-0.2, -0.15) is 0 Å². The Hall–Kier alpha value is -1.07. The van der Waals surface area contributed by atoms with Crippen LogP contribution in [-0.4, -0.2) is 27.9 Å². The molecule has 0 spiro atoms. The molecule has 4 atom stereocenters. The summed E-state index contributed by atoms with van der Waals surface area (Å²) in [7, 11) is 3.92. The highest BCUT2D eigenvalue weighted by atomic mass is 35.5. The SMILES string of the molecule is CN1C(Cl)=NC(NC2CC3CCC2C3)c2ncn(C)c21. The first kappa shape index (κ1) is 12.7. The van der Waals surface area contributed by atoms with Crippen LogP contribution in [0.4, 0.5) is 5.82 Å². The van der Waals surface area contributed by atoms with Crippen molar-refractivity contribution in [2.75, 3.05) is 11.9 Å². The monoisotopic (exact) mass is 293 g/mol. The maximum absolute atomic E-state index is 6.28. The molecule has 1 aliphatic heterocycles. The minimum absolute atomic E-state index is 0.0979. The number of halogens is 1. The maximum Gasteiger partial charge on any atom is 0.201 e. The Morgan fingerprint density at radius 3 is 2.85 bits per heavy atom. The average Bonchev–Trinajstić information content (AvgIpc) is 3.11. The fourth-order valence-electron chi connectivity index (χ4n) is 4.15. The minimum Gasteiger partial charge on any atom is -0.320 e. The van der Waals surface area contributed by atoms with Crippen molar-refractivity contribution in [3.63, 3.8) is 0 Å². The fourth-order valence-corrected chi connectivity index (χ4v) is 4.33. The molecule has 1 N–H and O–H groups in total. The highest BCUT2D eigenvalue weighted by molar-refractivity contribution is 6.68. The molecule has 0 saturated heterocycles. The Bertz CT molecular complexity index is 566. The lowest BCUT2D eigenvalue weighted by atomic mass is 9.95. The second-order valence-electron chi connectivity index (χ2n) is 6.37. The first-order valence-electron chi connectivity index (χ1n) is 7.37. The summed E-state index contributed by atoms with van der Waals surface area (Å²) in [6, 6.07) is 0.574. The Balaban J connectivity index is 1.61. The third kappa shape index (κ3) is 1.79. The van der Waals surface area contributed by atoms with E-state index >= 15 is 0 Å². The minimum atomic E-state index is -0.0979. The van der Waals surface area contributed by atoms with Gasteiger partial charge in [0.1, 0.15) is 17.7 Å². The van der Waals surface area contributed by atoms with Crippen molar-refractivity contribution < 1.29 is 0 Å². The summed E-state index contributed by atoms with van der Waals surface area (Å²) in [6.45, 7) is 0. The van der Waals surface area contributed by atoms with E-state index in [9.17, 15) is 0 Å². The number of fused-ring (bicyclic) bond motifs is 3. The lowest BCUT2D eigenvalue weighted by Crippen LogP contribution is -2.40. The van der Waals surface area contributed by atoms with Gasteiger partial charge in [-0.15, -0.1) is 0 Å². The van der Waals surface area contributed by atoms with Gasteiger partial charge in [-0.25, -0.2) is 9.98 Å². The molecule has 2 heterocycles. The van der Waals surface area contributed by atoms with E-state index in [4.69, 9.17) is 11.6 Å². The van der Waals surface area contributed by atoms with Crippen molar-refractivity contribution in [3.8, 4) is 0 Å². The van der Waals surface area contributed by atoms with Gasteiger partial charge in [0, 0.05) is 20.1 Å². The predicted molar refractivity (Wildman–Crippen MR) is 80.0 cm³/mol. The van der Waals surface area contributed by atoms with Crippen LogP contribution in [0, 0.1) is 11.8 Å². The van der Waals surface area contributed by atoms with Crippen molar-refractivity contribution in [3.05, 3.63) is 12.0 Å². The van der Waals surface area contributed by atoms with E-state index in [0.29, 0.717) is 11.3 Å². The number of aromatic nitrogens is 2. The van der Waals surface area contributed by atoms with Crippen LogP contribution in [0.3, 0.4) is 0 Å². The Labute approximate surface area is 124 Å². The molecule has 6 heteroatoms. The second kappa shape index (κ2) is 4.46. The largest absolute Gasteiger partial charge is 0.320 e. The number of rotatable bonds is 2. The first-order chi connectivity index (χ1) is 9.63. The highest BCUT2D eigenvalue weighted by Crippen LogP contribution is 2.45. The van der Waals surface area contributed by atoms with Gasteiger partial charge in [0.05, 0.1) is 6.33 Å². The topological polar surface area (TPSA) is 45.4 Å². The number of aryl methyl sites for hydroxylation is 1. The molecule has 1 aromatic rings. The fraction of sp³-hybridized carbons (Fsp3) is 0.714. The summed E-state index contributed by atoms with van der Waals surface area (Å²) >= 11 is 6.28. The smallest absolute Gasteiger partial charge is 0.201 e. The number of nitrogens with one attached hydrogen (secondary N) is 1. The Kier molecular flexibility index (Phi) is 2.82. The van der Waals surface area contributed by atoms with E-state index in [1.165, 1.54) is 25.7 Å². The first-order valence-corrected chi connectivity index (χ1v) is 7.75. The highest BCUT2D eigenvalue weighted by Gasteiger charge is 2.41. The van der Waals surface area contributed by atoms with Crippen LogP contribution in [-0.2, 0) is 7.05 Å². The summed E-state index contributed by atoms with van der Waals surface area (Å²) in [5, 5.41) is 4.22. The van der Waals surface area contributed by atoms with Gasteiger partial charge in [0.15, 0.2) is 0 Å². The number of amidine groups is 1. The summed E-state index contributed by atoms with van der Waals surface area (Å²) < 4.78 is 2.00. The third-order valence-electron chi connectivity index (χ3n) is 5.13. The molecule has 0 radical (unpaired) electrons. The maximum atomic E-state index is 6.28. The van der Waals surface area contributed by atoms with Crippen LogP contribution in [0.25, 0.3) is 0 Å². The van der Waals surface area contributed by atoms with E-state index in [1.54, 1.807) is 0 Å². The van der Waals surface area contributed by atoms with Crippen LogP contribution in [0.1, 0.15) is 37.5 Å². The predicted octanol–water partition coefficient (Wildman–Crippen LogP) is 2.24. The van der Waals surface area contributed by atoms with E-state index in [0.717, 1.165) is 23.3 Å². The van der Waals surface area contributed by atoms with Gasteiger partial charge < -0.3 is 9.47 Å². The van der Waals surface area contributed by atoms with E-state index in [-0.39, 0.29) is 6.17 Å². The van der Waals surface area contributed by atoms with Gasteiger partial charge in [-0.05, 0) is 42.7 Å². The molecule has 4 rings (SSSR count). The Morgan fingerprint density at radius 2 is 2.15 bits per heavy atom. The van der Waals surface area contributed by atoms with Crippen LogP contribution >= 0.6 is 11.6 Å². The third-order valence-corrected chi connectivity index (χ3v) is 5.48. The van der Waals surface area contributed by atoms with Crippen molar-refractivity contribution >= 4 is 22.7 Å². The number of imidazole rings is 1. The van der Waals surface area contributed by atoms with E-state index in [2.05, 4.69) is 15.3 Å². The number of anilines is 1. The molecular formula is C14H20ClN5. The lowest BCUT2D eigenvalue weighted by Gasteiger charge is -2.31. The molecule has 0 amide bonds. The molecule has 2 aliphatic carbocycles. The summed E-state index contributed by atoms with van der Waals surface area (Å²) in [6.07, 6.45) is 7.18. The zero-order valence-corrected chi connectivity index (χ0v) is 12.6. The summed E-state index contributed by atoms with van der Waals surface area (Å²) in [5.41, 5.74) is 0.988. The number of hydrogen-bond acceptors (Lipinski definition) is 4. The summed E-state index contributed by atoms with van der Waals surface area (Å²) in [5.74, 6) is 2.78. The van der Waals surface area contributed by atoms with Gasteiger partial charge in [0.25, 0.3) is 0 Å². The molecule has 20 heavy (non-hydrogen) atoms. The second-order valence-corrected chi connectivity index (χ2v) is 6.71. The molecule has 108 valence electrons. The van der Waals surface area contributed by atoms with Gasteiger partial charge in [-0.3, -0.25) is 5.32 Å². The molecule has 0 aromatic carbocycles. The van der Waals surface area contributed by atoms with Crippen molar-refractivity contribution in [2.24, 2.45) is 23.9 Å². The normalized spacial score (nSPS) is 35.4. The van der Waals surface area contributed by atoms with Gasteiger partial charge >= 0.3 is 0 Å². The quantitative estimate of drug-likeness (QED) is 0.851. The van der Waals surface area contributed by atoms with E-state index in [1.807, 2.05) is 29.9 Å². The van der Waals surface area contributed by atoms with Gasteiger partial charge in [0.2, 0.25) is 5.29 Å². The van der Waals surface area contributed by atoms with Crippen molar-refractivity contribution in [1.82, 2.24) is 14.9 Å². The molecule has 2 saturated carbocycles. The lowest BCUT2D eigenvalue weighted by molar-refractivity contribution is 0.320.